The lowest BCUT2D eigenvalue weighted by molar-refractivity contribution is -0.129. The van der Waals surface area contributed by atoms with Crippen LogP contribution in [0.1, 0.15) is 66.9 Å². The SMILES string of the molecule is CSC[C@@H](CO)NC(=O)C1(NC(=O)c2ccc(C3CSC(N4CCC(N5CCOCC5)CC4)=N3)cc2)CCCCC1. The molecule has 2 amide bonds. The number of amides is 2. The first-order valence-corrected chi connectivity index (χ1v) is 17.5. The summed E-state index contributed by atoms with van der Waals surface area (Å²) in [6.45, 7) is 5.78. The number of benzene rings is 1. The molecule has 1 saturated carbocycles. The number of amidine groups is 1. The Morgan fingerprint density at radius 3 is 2.49 bits per heavy atom. The van der Waals surface area contributed by atoms with E-state index < -0.39 is 5.54 Å². The van der Waals surface area contributed by atoms with E-state index in [2.05, 4.69) is 20.4 Å². The highest BCUT2D eigenvalue weighted by Gasteiger charge is 2.41. The molecule has 3 aliphatic heterocycles. The van der Waals surface area contributed by atoms with Gasteiger partial charge < -0.3 is 25.4 Å². The molecule has 1 aromatic carbocycles. The van der Waals surface area contributed by atoms with Crippen LogP contribution in [0, 0.1) is 0 Å². The van der Waals surface area contributed by atoms with Crippen molar-refractivity contribution in [3.05, 3.63) is 35.4 Å². The number of aliphatic hydroxyl groups is 1. The summed E-state index contributed by atoms with van der Waals surface area (Å²) in [7, 11) is 0. The van der Waals surface area contributed by atoms with E-state index >= 15 is 0 Å². The number of aliphatic imine (C=N–C) groups is 1. The summed E-state index contributed by atoms with van der Waals surface area (Å²) in [5, 5.41) is 16.9. The van der Waals surface area contributed by atoms with Crippen LogP contribution in [0.25, 0.3) is 0 Å². The number of thioether (sulfide) groups is 2. The molecule has 3 heterocycles. The quantitative estimate of drug-likeness (QED) is 0.396. The largest absolute Gasteiger partial charge is 0.394 e. The van der Waals surface area contributed by atoms with Crippen molar-refractivity contribution in [1.82, 2.24) is 20.4 Å². The predicted molar refractivity (Wildman–Crippen MR) is 167 cm³/mol. The Kier molecular flexibility index (Phi) is 10.9. The minimum Gasteiger partial charge on any atom is -0.394 e. The van der Waals surface area contributed by atoms with Gasteiger partial charge in [-0.1, -0.05) is 43.2 Å². The monoisotopic (exact) mass is 603 g/mol. The average molecular weight is 604 g/mol. The van der Waals surface area contributed by atoms with Gasteiger partial charge in [-0.2, -0.15) is 11.8 Å². The van der Waals surface area contributed by atoms with Crippen molar-refractivity contribution >= 4 is 40.5 Å². The topological polar surface area (TPSA) is 106 Å². The summed E-state index contributed by atoms with van der Waals surface area (Å²) >= 11 is 3.41. The van der Waals surface area contributed by atoms with Gasteiger partial charge in [0.15, 0.2) is 5.17 Å². The minimum absolute atomic E-state index is 0.0893. The lowest BCUT2D eigenvalue weighted by Gasteiger charge is -2.40. The van der Waals surface area contributed by atoms with Crippen LogP contribution in [-0.4, -0.2) is 113 Å². The third-order valence-corrected chi connectivity index (χ3v) is 10.7. The van der Waals surface area contributed by atoms with Gasteiger partial charge in [-0.05, 0) is 49.6 Å². The maximum absolute atomic E-state index is 13.3. The Morgan fingerprint density at radius 2 is 1.83 bits per heavy atom. The van der Waals surface area contributed by atoms with Crippen molar-refractivity contribution < 1.29 is 19.4 Å². The molecule has 0 radical (unpaired) electrons. The van der Waals surface area contributed by atoms with Crippen LogP contribution in [0.15, 0.2) is 29.3 Å². The highest BCUT2D eigenvalue weighted by atomic mass is 32.2. The van der Waals surface area contributed by atoms with Gasteiger partial charge in [0.2, 0.25) is 5.91 Å². The number of rotatable bonds is 9. The van der Waals surface area contributed by atoms with Crippen LogP contribution < -0.4 is 10.6 Å². The summed E-state index contributed by atoms with van der Waals surface area (Å²) in [6.07, 6.45) is 8.36. The summed E-state index contributed by atoms with van der Waals surface area (Å²) in [5.41, 5.74) is 0.727. The Bertz CT molecular complexity index is 1050. The van der Waals surface area contributed by atoms with Gasteiger partial charge in [-0.25, -0.2) is 0 Å². The Balaban J connectivity index is 1.17. The zero-order valence-corrected chi connectivity index (χ0v) is 25.8. The predicted octanol–water partition coefficient (Wildman–Crippen LogP) is 2.90. The van der Waals surface area contributed by atoms with E-state index in [4.69, 9.17) is 9.73 Å². The first-order chi connectivity index (χ1) is 20.0. The molecule has 2 atom stereocenters. The van der Waals surface area contributed by atoms with Crippen LogP contribution in [0.4, 0.5) is 0 Å². The molecule has 41 heavy (non-hydrogen) atoms. The first-order valence-electron chi connectivity index (χ1n) is 15.1. The second-order valence-electron chi connectivity index (χ2n) is 11.6. The van der Waals surface area contributed by atoms with Gasteiger partial charge in [0.25, 0.3) is 5.91 Å². The molecule has 3 fully saturated rings. The van der Waals surface area contributed by atoms with Crippen molar-refractivity contribution in [2.45, 2.75) is 68.6 Å². The molecule has 5 rings (SSSR count). The third-order valence-electron chi connectivity index (χ3n) is 8.91. The number of nitrogens with zero attached hydrogens (tertiary/aromatic N) is 3. The van der Waals surface area contributed by atoms with Gasteiger partial charge in [-0.3, -0.25) is 19.5 Å². The number of hydrogen-bond donors (Lipinski definition) is 3. The molecule has 1 aliphatic carbocycles. The summed E-state index contributed by atoms with van der Waals surface area (Å²) in [4.78, 5) is 36.8. The van der Waals surface area contributed by atoms with Crippen molar-refractivity contribution in [3.8, 4) is 0 Å². The first kappa shape index (κ1) is 30.7. The number of carbonyl (C=O) groups is 2. The van der Waals surface area contributed by atoms with E-state index in [0.29, 0.717) is 30.2 Å². The zero-order chi connectivity index (χ0) is 28.7. The molecule has 0 bridgehead atoms. The fraction of sp³-hybridized carbons (Fsp3) is 0.700. The number of hydrogen-bond acceptors (Lipinski definition) is 9. The van der Waals surface area contributed by atoms with Gasteiger partial charge in [0, 0.05) is 49.3 Å². The van der Waals surface area contributed by atoms with E-state index in [1.165, 1.54) is 12.8 Å². The van der Waals surface area contributed by atoms with Gasteiger partial charge >= 0.3 is 0 Å². The Hall–Kier alpha value is -1.79. The molecular formula is C30H45N5O4S2. The van der Waals surface area contributed by atoms with Gasteiger partial charge in [-0.15, -0.1) is 0 Å². The summed E-state index contributed by atoms with van der Waals surface area (Å²) in [6, 6.07) is 8.15. The fourth-order valence-corrected chi connectivity index (χ4v) is 8.18. The molecule has 1 unspecified atom stereocenters. The lowest BCUT2D eigenvalue weighted by atomic mass is 9.80. The highest BCUT2D eigenvalue weighted by molar-refractivity contribution is 8.14. The smallest absolute Gasteiger partial charge is 0.252 e. The van der Waals surface area contributed by atoms with Gasteiger partial charge in [0.05, 0.1) is 31.9 Å². The maximum Gasteiger partial charge on any atom is 0.252 e. The normalized spacial score (nSPS) is 24.5. The second-order valence-corrected chi connectivity index (χ2v) is 13.5. The van der Waals surface area contributed by atoms with Crippen LogP contribution in [0.2, 0.25) is 0 Å². The van der Waals surface area contributed by atoms with Gasteiger partial charge in [0.1, 0.15) is 5.54 Å². The number of nitrogens with one attached hydrogen (secondary N) is 2. The number of carbonyl (C=O) groups excluding carboxylic acids is 2. The molecule has 0 spiro atoms. The van der Waals surface area contributed by atoms with Crippen molar-refractivity contribution in [2.24, 2.45) is 4.99 Å². The van der Waals surface area contributed by atoms with E-state index in [-0.39, 0.29) is 30.5 Å². The number of piperidine rings is 1. The summed E-state index contributed by atoms with van der Waals surface area (Å²) in [5.74, 6) is 1.13. The van der Waals surface area contributed by atoms with E-state index in [1.54, 1.807) is 11.8 Å². The van der Waals surface area contributed by atoms with E-state index in [9.17, 15) is 14.7 Å². The zero-order valence-electron chi connectivity index (χ0n) is 24.2. The standard InChI is InChI=1S/C30H45N5O4S2/c1-40-20-24(19-36)31-28(38)30(11-3-2-4-12-30)33-27(37)23-7-5-22(6-8-23)26-21-41-29(32-26)35-13-9-25(10-14-35)34-15-17-39-18-16-34/h5-8,24-26,36H,2-4,9-21H2,1H3,(H,31,38)(H,33,37)/t24-,26?/m1/s1. The number of ether oxygens (including phenoxy) is 1. The molecule has 11 heteroatoms. The van der Waals surface area contributed by atoms with Crippen LogP contribution in [-0.2, 0) is 9.53 Å². The van der Waals surface area contributed by atoms with Crippen molar-refractivity contribution in [1.29, 1.82) is 0 Å². The highest BCUT2D eigenvalue weighted by Crippen LogP contribution is 2.34. The molecule has 4 aliphatic rings. The van der Waals surface area contributed by atoms with Crippen molar-refractivity contribution in [3.63, 3.8) is 0 Å². The number of aliphatic hydroxyl groups excluding tert-OH is 1. The molecule has 3 N–H and O–H groups in total. The van der Waals surface area contributed by atoms with E-state index in [1.807, 2.05) is 42.3 Å². The molecule has 9 nitrogen and oxygen atoms in total. The summed E-state index contributed by atoms with van der Waals surface area (Å²) < 4.78 is 5.52. The Labute approximate surface area is 252 Å². The Morgan fingerprint density at radius 1 is 1.12 bits per heavy atom. The fourth-order valence-electron chi connectivity index (χ4n) is 6.44. The molecular weight excluding hydrogens is 558 g/mol. The van der Waals surface area contributed by atoms with Crippen LogP contribution >= 0.6 is 23.5 Å². The average Bonchev–Trinajstić information content (AvgIpc) is 3.52. The number of morpholine rings is 1. The molecule has 0 aromatic heterocycles. The number of likely N-dealkylation sites (tertiary alicyclic amines) is 1. The molecule has 226 valence electrons. The molecule has 1 aromatic rings. The minimum atomic E-state index is -0.934. The lowest BCUT2D eigenvalue weighted by Crippen LogP contribution is -2.61. The maximum atomic E-state index is 13.3. The van der Waals surface area contributed by atoms with E-state index in [0.717, 1.165) is 75.1 Å². The van der Waals surface area contributed by atoms with Crippen LogP contribution in [0.5, 0.6) is 0 Å². The third kappa shape index (κ3) is 7.60. The molecule has 2 saturated heterocycles. The second kappa shape index (κ2) is 14.6. The van der Waals surface area contributed by atoms with Crippen molar-refractivity contribution in [2.75, 3.05) is 63.8 Å². The van der Waals surface area contributed by atoms with Crippen LogP contribution in [0.3, 0.4) is 0 Å².